The van der Waals surface area contributed by atoms with Crippen LogP contribution in [-0.2, 0) is 19.1 Å². The summed E-state index contributed by atoms with van der Waals surface area (Å²) in [7, 11) is 0. The van der Waals surface area contributed by atoms with Crippen LogP contribution >= 0.6 is 0 Å². The maximum Gasteiger partial charge on any atom is 0.408 e. The number of aromatic hydroxyl groups is 1. The zero-order chi connectivity index (χ0) is 30.1. The van der Waals surface area contributed by atoms with Crippen molar-refractivity contribution in [3.63, 3.8) is 0 Å². The molecule has 0 bridgehead atoms. The van der Waals surface area contributed by atoms with Gasteiger partial charge >= 0.3 is 6.09 Å². The van der Waals surface area contributed by atoms with E-state index in [0.717, 1.165) is 44.9 Å². The SMILES string of the molecule is CCCCCCCN(C(=O)C(CCC(N)=O)NC(=O)OC(C)(C)C)C(C(=O)NCCCCC)c1ccc(O)cc1. The number of benzene rings is 1. The predicted octanol–water partition coefficient (Wildman–Crippen LogP) is 4.70. The molecule has 2 unspecified atom stereocenters. The highest BCUT2D eigenvalue weighted by atomic mass is 16.6. The molecule has 4 amide bonds. The largest absolute Gasteiger partial charge is 0.508 e. The minimum atomic E-state index is -1.13. The Hall–Kier alpha value is -3.30. The van der Waals surface area contributed by atoms with Crippen LogP contribution in [0.15, 0.2) is 24.3 Å². The number of unbranched alkanes of at least 4 members (excludes halogenated alkanes) is 6. The first-order valence-electron chi connectivity index (χ1n) is 14.5. The summed E-state index contributed by atoms with van der Waals surface area (Å²) in [5.74, 6) is -1.44. The number of carbonyl (C=O) groups excluding carboxylic acids is 4. The van der Waals surface area contributed by atoms with E-state index in [9.17, 15) is 24.3 Å². The van der Waals surface area contributed by atoms with E-state index in [1.807, 2.05) is 0 Å². The van der Waals surface area contributed by atoms with E-state index in [-0.39, 0.29) is 31.0 Å². The molecule has 0 aromatic heterocycles. The van der Waals surface area contributed by atoms with Gasteiger partial charge in [0, 0.05) is 19.5 Å². The Morgan fingerprint density at radius 1 is 0.950 bits per heavy atom. The number of rotatable bonds is 18. The van der Waals surface area contributed by atoms with Gasteiger partial charge in [0.15, 0.2) is 0 Å². The van der Waals surface area contributed by atoms with E-state index in [2.05, 4.69) is 24.5 Å². The third-order valence-electron chi connectivity index (χ3n) is 6.30. The normalized spacial score (nSPS) is 12.7. The summed E-state index contributed by atoms with van der Waals surface area (Å²) < 4.78 is 5.37. The molecule has 2 atom stereocenters. The van der Waals surface area contributed by atoms with Crippen LogP contribution in [-0.4, -0.2) is 58.6 Å². The molecule has 1 rings (SSSR count). The van der Waals surface area contributed by atoms with Gasteiger partial charge in [-0.2, -0.15) is 0 Å². The maximum absolute atomic E-state index is 14.1. The number of amides is 4. The lowest BCUT2D eigenvalue weighted by molar-refractivity contribution is -0.142. The third kappa shape index (κ3) is 13.7. The van der Waals surface area contributed by atoms with E-state index in [0.29, 0.717) is 18.5 Å². The van der Waals surface area contributed by atoms with Gasteiger partial charge in [-0.1, -0.05) is 64.5 Å². The Labute approximate surface area is 239 Å². The van der Waals surface area contributed by atoms with Crippen LogP contribution in [0.4, 0.5) is 4.79 Å². The molecule has 1 aromatic carbocycles. The molecular formula is C30H50N4O6. The fourth-order valence-corrected chi connectivity index (χ4v) is 4.26. The van der Waals surface area contributed by atoms with Crippen molar-refractivity contribution in [2.45, 2.75) is 117 Å². The topological polar surface area (TPSA) is 151 Å². The van der Waals surface area contributed by atoms with E-state index in [1.165, 1.54) is 17.0 Å². The van der Waals surface area contributed by atoms with Gasteiger partial charge in [-0.15, -0.1) is 0 Å². The van der Waals surface area contributed by atoms with Crippen LogP contribution in [0.5, 0.6) is 5.75 Å². The molecule has 1 aromatic rings. The first-order valence-corrected chi connectivity index (χ1v) is 14.5. The standard InChI is InChI=1S/C30H50N4O6/c1-6-8-10-11-13-21-34(28(38)24(18-19-25(31)36)33-29(39)40-30(3,4)5)26(22-14-16-23(35)17-15-22)27(37)32-20-12-9-7-2/h14-17,24,26,35H,6-13,18-21H2,1-5H3,(H2,31,36)(H,32,37)(H,33,39). The lowest BCUT2D eigenvalue weighted by Gasteiger charge is -2.34. The molecule has 0 saturated heterocycles. The van der Waals surface area contributed by atoms with E-state index < -0.39 is 35.6 Å². The number of nitrogens with one attached hydrogen (secondary N) is 2. The second-order valence-electron chi connectivity index (χ2n) is 11.1. The molecule has 5 N–H and O–H groups in total. The molecular weight excluding hydrogens is 512 g/mol. The second kappa shape index (κ2) is 18.1. The predicted molar refractivity (Wildman–Crippen MR) is 155 cm³/mol. The molecule has 0 fully saturated rings. The summed E-state index contributed by atoms with van der Waals surface area (Å²) in [6, 6.07) is 4.04. The minimum absolute atomic E-state index is 0.0363. The number of phenolic OH excluding ortho intramolecular Hbond substituents is 1. The van der Waals surface area contributed by atoms with Crippen molar-refractivity contribution < 1.29 is 29.0 Å². The van der Waals surface area contributed by atoms with Gasteiger partial charge in [-0.05, 0) is 57.7 Å². The number of ether oxygens (including phenoxy) is 1. The third-order valence-corrected chi connectivity index (χ3v) is 6.30. The van der Waals surface area contributed by atoms with Gasteiger partial charge in [0.2, 0.25) is 17.7 Å². The molecule has 226 valence electrons. The van der Waals surface area contributed by atoms with Crippen molar-refractivity contribution in [1.82, 2.24) is 15.5 Å². The summed E-state index contributed by atoms with van der Waals surface area (Å²) >= 11 is 0. The maximum atomic E-state index is 14.1. The van der Waals surface area contributed by atoms with Gasteiger partial charge in [0.05, 0.1) is 0 Å². The smallest absolute Gasteiger partial charge is 0.408 e. The number of phenols is 1. The summed E-state index contributed by atoms with van der Waals surface area (Å²) in [4.78, 5) is 53.5. The van der Waals surface area contributed by atoms with Crippen LogP contribution < -0.4 is 16.4 Å². The highest BCUT2D eigenvalue weighted by Gasteiger charge is 2.36. The molecule has 0 aliphatic carbocycles. The Morgan fingerprint density at radius 3 is 2.12 bits per heavy atom. The van der Waals surface area contributed by atoms with Crippen molar-refractivity contribution in [3.05, 3.63) is 29.8 Å². The molecule has 0 spiro atoms. The number of carbonyl (C=O) groups is 4. The van der Waals surface area contributed by atoms with Gasteiger partial charge in [-0.25, -0.2) is 4.79 Å². The number of hydrogen-bond acceptors (Lipinski definition) is 6. The van der Waals surface area contributed by atoms with Crippen molar-refractivity contribution in [1.29, 1.82) is 0 Å². The van der Waals surface area contributed by atoms with Crippen molar-refractivity contribution in [3.8, 4) is 5.75 Å². The molecule has 40 heavy (non-hydrogen) atoms. The Morgan fingerprint density at radius 2 is 1.55 bits per heavy atom. The summed E-state index contributed by atoms with van der Waals surface area (Å²) in [5, 5.41) is 15.4. The van der Waals surface area contributed by atoms with Gasteiger partial charge in [0.25, 0.3) is 0 Å². The zero-order valence-corrected chi connectivity index (χ0v) is 25.0. The highest BCUT2D eigenvalue weighted by molar-refractivity contribution is 5.92. The Balaban J connectivity index is 3.42. The van der Waals surface area contributed by atoms with E-state index in [1.54, 1.807) is 32.9 Å². The van der Waals surface area contributed by atoms with E-state index in [4.69, 9.17) is 10.5 Å². The molecule has 0 saturated carbocycles. The minimum Gasteiger partial charge on any atom is -0.508 e. The van der Waals surface area contributed by atoms with Crippen LogP contribution in [0.2, 0.25) is 0 Å². The van der Waals surface area contributed by atoms with Crippen LogP contribution in [0.1, 0.15) is 110 Å². The first-order chi connectivity index (χ1) is 18.9. The second-order valence-corrected chi connectivity index (χ2v) is 11.1. The van der Waals surface area contributed by atoms with Gasteiger partial charge in [0.1, 0.15) is 23.4 Å². The first kappa shape index (κ1) is 34.7. The highest BCUT2D eigenvalue weighted by Crippen LogP contribution is 2.26. The zero-order valence-electron chi connectivity index (χ0n) is 25.0. The average molecular weight is 563 g/mol. The fraction of sp³-hybridized carbons (Fsp3) is 0.667. The Bertz CT molecular complexity index is 929. The summed E-state index contributed by atoms with van der Waals surface area (Å²) in [6.07, 6.45) is 6.41. The molecule has 10 nitrogen and oxygen atoms in total. The molecule has 10 heteroatoms. The number of primary amides is 1. The summed E-state index contributed by atoms with van der Waals surface area (Å²) in [5.41, 5.74) is 5.10. The molecule has 0 radical (unpaired) electrons. The van der Waals surface area contributed by atoms with Crippen molar-refractivity contribution in [2.75, 3.05) is 13.1 Å². The van der Waals surface area contributed by atoms with Crippen LogP contribution in [0.25, 0.3) is 0 Å². The number of nitrogens with zero attached hydrogens (tertiary/aromatic N) is 1. The van der Waals surface area contributed by atoms with Gasteiger partial charge in [-0.3, -0.25) is 14.4 Å². The number of hydrogen-bond donors (Lipinski definition) is 4. The summed E-state index contributed by atoms with van der Waals surface area (Å²) in [6.45, 7) is 10.0. The van der Waals surface area contributed by atoms with Crippen LogP contribution in [0, 0.1) is 0 Å². The monoisotopic (exact) mass is 562 g/mol. The quantitative estimate of drug-likeness (QED) is 0.190. The number of nitrogens with two attached hydrogens (primary N) is 1. The van der Waals surface area contributed by atoms with Crippen LogP contribution in [0.3, 0.4) is 0 Å². The van der Waals surface area contributed by atoms with E-state index >= 15 is 0 Å². The molecule has 0 aliphatic heterocycles. The lowest BCUT2D eigenvalue weighted by atomic mass is 10.0. The van der Waals surface area contributed by atoms with Gasteiger partial charge < -0.3 is 31.1 Å². The fourth-order valence-electron chi connectivity index (χ4n) is 4.26. The average Bonchev–Trinajstić information content (AvgIpc) is 2.87. The molecule has 0 aliphatic rings. The van der Waals surface area contributed by atoms with Crippen molar-refractivity contribution in [2.24, 2.45) is 5.73 Å². The molecule has 0 heterocycles. The number of alkyl carbamates (subject to hydrolysis) is 1. The Kier molecular flexibility index (Phi) is 15.7. The van der Waals surface area contributed by atoms with Crippen molar-refractivity contribution >= 4 is 23.8 Å². The lowest BCUT2D eigenvalue weighted by Crippen LogP contribution is -2.53.